The van der Waals surface area contributed by atoms with E-state index in [2.05, 4.69) is 33.9 Å². The molecule has 0 bridgehead atoms. The Morgan fingerprint density at radius 3 is 2.34 bits per heavy atom. The number of hydrogen-bond donors (Lipinski definition) is 1. The molecule has 1 amide bonds. The third-order valence-corrected chi connectivity index (χ3v) is 7.77. The van der Waals surface area contributed by atoms with Gasteiger partial charge in [0.05, 0.1) is 5.02 Å². The number of anilines is 1. The summed E-state index contributed by atoms with van der Waals surface area (Å²) in [5.74, 6) is -0.201. The summed E-state index contributed by atoms with van der Waals surface area (Å²) in [6.07, 6.45) is 4.22. The second-order valence-electron chi connectivity index (χ2n) is 8.52. The molecule has 0 unspecified atom stereocenters. The average molecular weight is 510 g/mol. The standard InChI is InChI=1S/C27H28ClN3O3S/c1-21-9-12-24(13-10-21)29-35(33,34)26-20-23(11-14-25(26)28)27(32)31-18-16-30(17-19-31)15-5-8-22-6-3-2-4-7-22/h2-14,20,29H,15-19H2,1H3/b8-5+. The van der Waals surface area contributed by atoms with Crippen molar-refractivity contribution in [1.29, 1.82) is 0 Å². The van der Waals surface area contributed by atoms with Crippen LogP contribution in [0.1, 0.15) is 21.5 Å². The first-order valence-electron chi connectivity index (χ1n) is 11.4. The van der Waals surface area contributed by atoms with E-state index < -0.39 is 10.0 Å². The predicted octanol–water partition coefficient (Wildman–Crippen LogP) is 4.92. The number of nitrogens with zero attached hydrogens (tertiary/aromatic N) is 2. The largest absolute Gasteiger partial charge is 0.336 e. The van der Waals surface area contributed by atoms with Gasteiger partial charge in [0.1, 0.15) is 4.90 Å². The zero-order valence-electron chi connectivity index (χ0n) is 19.5. The minimum Gasteiger partial charge on any atom is -0.336 e. The van der Waals surface area contributed by atoms with E-state index in [0.717, 1.165) is 30.8 Å². The minimum absolute atomic E-state index is 0.0659. The molecule has 1 N–H and O–H groups in total. The van der Waals surface area contributed by atoms with Crippen LogP contribution in [0.2, 0.25) is 5.02 Å². The molecule has 1 saturated heterocycles. The van der Waals surface area contributed by atoms with Crippen molar-refractivity contribution in [2.45, 2.75) is 11.8 Å². The molecule has 1 aliphatic rings. The van der Waals surface area contributed by atoms with Gasteiger partial charge in [-0.3, -0.25) is 14.4 Å². The maximum absolute atomic E-state index is 13.1. The molecule has 4 rings (SSSR count). The van der Waals surface area contributed by atoms with Gasteiger partial charge in [-0.15, -0.1) is 0 Å². The fourth-order valence-electron chi connectivity index (χ4n) is 3.89. The van der Waals surface area contributed by atoms with Gasteiger partial charge in [0.15, 0.2) is 0 Å². The Kier molecular flexibility index (Phi) is 7.90. The van der Waals surface area contributed by atoms with E-state index in [1.807, 2.05) is 37.3 Å². The fraction of sp³-hybridized carbons (Fsp3) is 0.222. The molecule has 1 fully saturated rings. The molecule has 3 aromatic carbocycles. The summed E-state index contributed by atoms with van der Waals surface area (Å²) in [7, 11) is -3.95. The molecule has 1 heterocycles. The SMILES string of the molecule is Cc1ccc(NS(=O)(=O)c2cc(C(=O)N3CCN(C/C=C/c4ccccc4)CC3)ccc2Cl)cc1. The molecule has 0 aliphatic carbocycles. The highest BCUT2D eigenvalue weighted by Crippen LogP contribution is 2.26. The van der Waals surface area contributed by atoms with Gasteiger partial charge in [-0.05, 0) is 42.8 Å². The van der Waals surface area contributed by atoms with Crippen LogP contribution in [0.4, 0.5) is 5.69 Å². The number of carbonyl (C=O) groups excluding carboxylic acids is 1. The highest BCUT2D eigenvalue weighted by atomic mass is 35.5. The van der Waals surface area contributed by atoms with Gasteiger partial charge in [0.2, 0.25) is 0 Å². The van der Waals surface area contributed by atoms with Crippen molar-refractivity contribution in [3.8, 4) is 0 Å². The normalized spacial score (nSPS) is 14.9. The number of halogens is 1. The van der Waals surface area contributed by atoms with E-state index in [1.165, 1.54) is 12.1 Å². The Hall–Kier alpha value is -3.13. The molecule has 182 valence electrons. The topological polar surface area (TPSA) is 69.7 Å². The third kappa shape index (κ3) is 6.51. The van der Waals surface area contributed by atoms with Crippen LogP contribution < -0.4 is 4.72 Å². The number of amides is 1. The Morgan fingerprint density at radius 2 is 1.66 bits per heavy atom. The second-order valence-corrected chi connectivity index (χ2v) is 10.6. The Labute approximate surface area is 211 Å². The molecule has 6 nitrogen and oxygen atoms in total. The summed E-state index contributed by atoms with van der Waals surface area (Å²) in [5.41, 5.74) is 2.91. The lowest BCUT2D eigenvalue weighted by molar-refractivity contribution is 0.0650. The van der Waals surface area contributed by atoms with Crippen molar-refractivity contribution in [2.75, 3.05) is 37.4 Å². The van der Waals surface area contributed by atoms with Crippen LogP contribution in [0, 0.1) is 6.92 Å². The Morgan fingerprint density at radius 1 is 0.971 bits per heavy atom. The summed E-state index contributed by atoms with van der Waals surface area (Å²) in [6, 6.07) is 21.5. The van der Waals surface area contributed by atoms with Crippen molar-refractivity contribution in [3.63, 3.8) is 0 Å². The number of aryl methyl sites for hydroxylation is 1. The van der Waals surface area contributed by atoms with E-state index in [4.69, 9.17) is 11.6 Å². The first-order chi connectivity index (χ1) is 16.8. The van der Waals surface area contributed by atoms with Gasteiger partial charge in [0.25, 0.3) is 15.9 Å². The smallest absolute Gasteiger partial charge is 0.263 e. The quantitative estimate of drug-likeness (QED) is 0.491. The summed E-state index contributed by atoms with van der Waals surface area (Å²) < 4.78 is 28.5. The summed E-state index contributed by atoms with van der Waals surface area (Å²) >= 11 is 6.22. The van der Waals surface area contributed by atoms with Gasteiger partial charge in [-0.25, -0.2) is 8.42 Å². The first-order valence-corrected chi connectivity index (χ1v) is 13.3. The number of carbonyl (C=O) groups is 1. The van der Waals surface area contributed by atoms with E-state index in [-0.39, 0.29) is 15.8 Å². The van der Waals surface area contributed by atoms with Gasteiger partial charge in [-0.1, -0.05) is 71.8 Å². The maximum Gasteiger partial charge on any atom is 0.263 e. The van der Waals surface area contributed by atoms with Crippen molar-refractivity contribution >= 4 is 39.3 Å². The van der Waals surface area contributed by atoms with Crippen LogP contribution in [-0.4, -0.2) is 56.8 Å². The van der Waals surface area contributed by atoms with Crippen LogP contribution in [0.3, 0.4) is 0 Å². The van der Waals surface area contributed by atoms with Gasteiger partial charge >= 0.3 is 0 Å². The molecule has 0 saturated carbocycles. The minimum atomic E-state index is -3.95. The maximum atomic E-state index is 13.1. The lowest BCUT2D eigenvalue weighted by Crippen LogP contribution is -2.48. The monoisotopic (exact) mass is 509 g/mol. The molecule has 3 aromatic rings. The zero-order chi connectivity index (χ0) is 24.8. The van der Waals surface area contributed by atoms with Gasteiger partial charge < -0.3 is 4.90 Å². The van der Waals surface area contributed by atoms with Crippen LogP contribution in [0.25, 0.3) is 6.08 Å². The highest BCUT2D eigenvalue weighted by molar-refractivity contribution is 7.92. The second kappa shape index (κ2) is 11.1. The lowest BCUT2D eigenvalue weighted by atomic mass is 10.1. The van der Waals surface area contributed by atoms with Crippen molar-refractivity contribution in [2.24, 2.45) is 0 Å². The molecular formula is C27H28ClN3O3S. The van der Waals surface area contributed by atoms with E-state index >= 15 is 0 Å². The zero-order valence-corrected chi connectivity index (χ0v) is 21.1. The molecule has 0 spiro atoms. The molecule has 0 atom stereocenters. The van der Waals surface area contributed by atoms with E-state index in [9.17, 15) is 13.2 Å². The number of benzene rings is 3. The Bertz CT molecular complexity index is 1300. The molecule has 1 aliphatic heterocycles. The summed E-state index contributed by atoms with van der Waals surface area (Å²) in [6.45, 7) is 5.38. The average Bonchev–Trinajstić information content (AvgIpc) is 2.86. The number of rotatable bonds is 7. The lowest BCUT2D eigenvalue weighted by Gasteiger charge is -2.34. The van der Waals surface area contributed by atoms with Gasteiger partial charge in [0, 0.05) is 44.0 Å². The fourth-order valence-corrected chi connectivity index (χ4v) is 5.48. The highest BCUT2D eigenvalue weighted by Gasteiger charge is 2.25. The molecule has 8 heteroatoms. The van der Waals surface area contributed by atoms with Crippen molar-refractivity contribution in [1.82, 2.24) is 9.80 Å². The molecule has 0 radical (unpaired) electrons. The Balaban J connectivity index is 1.39. The van der Waals surface area contributed by atoms with Crippen LogP contribution in [-0.2, 0) is 10.0 Å². The molecule has 0 aromatic heterocycles. The molecular weight excluding hydrogens is 482 g/mol. The third-order valence-electron chi connectivity index (χ3n) is 5.90. The number of hydrogen-bond acceptors (Lipinski definition) is 4. The van der Waals surface area contributed by atoms with Crippen molar-refractivity contribution < 1.29 is 13.2 Å². The number of nitrogens with one attached hydrogen (secondary N) is 1. The summed E-state index contributed by atoms with van der Waals surface area (Å²) in [5, 5.41) is 0.0659. The summed E-state index contributed by atoms with van der Waals surface area (Å²) in [4.78, 5) is 17.0. The van der Waals surface area contributed by atoms with Crippen LogP contribution in [0.15, 0.2) is 83.8 Å². The number of sulfonamides is 1. The van der Waals surface area contributed by atoms with Crippen LogP contribution in [0.5, 0.6) is 0 Å². The predicted molar refractivity (Wildman–Crippen MR) is 141 cm³/mol. The van der Waals surface area contributed by atoms with E-state index in [0.29, 0.717) is 24.3 Å². The molecule has 35 heavy (non-hydrogen) atoms. The van der Waals surface area contributed by atoms with Crippen molar-refractivity contribution in [3.05, 3.63) is 101 Å². The first kappa shape index (κ1) is 25.0. The van der Waals surface area contributed by atoms with Gasteiger partial charge in [-0.2, -0.15) is 0 Å². The van der Waals surface area contributed by atoms with E-state index in [1.54, 1.807) is 23.1 Å². The number of piperazine rings is 1. The van der Waals surface area contributed by atoms with Crippen LogP contribution >= 0.6 is 11.6 Å².